The van der Waals surface area contributed by atoms with E-state index < -0.39 is 0 Å². The number of aromatic nitrogens is 2. The van der Waals surface area contributed by atoms with Crippen molar-refractivity contribution in [3.8, 4) is 0 Å². The Labute approximate surface area is 90.7 Å². The molecule has 0 amide bonds. The number of nitrogens with one attached hydrogen (secondary N) is 1. The number of hydrogen-bond donors (Lipinski definition) is 1. The Morgan fingerprint density at radius 1 is 1.53 bits per heavy atom. The van der Waals surface area contributed by atoms with Crippen molar-refractivity contribution in [2.75, 3.05) is 30.9 Å². The summed E-state index contributed by atoms with van der Waals surface area (Å²) in [5, 5.41) is 2.95. The van der Waals surface area contributed by atoms with E-state index in [1.165, 1.54) is 19.3 Å². The maximum Gasteiger partial charge on any atom is 0.224 e. The van der Waals surface area contributed by atoms with E-state index in [0.29, 0.717) is 5.95 Å². The highest BCUT2D eigenvalue weighted by Gasteiger charge is 2.19. The predicted molar refractivity (Wildman–Crippen MR) is 62.2 cm³/mol. The van der Waals surface area contributed by atoms with Crippen molar-refractivity contribution in [2.45, 2.75) is 19.3 Å². The van der Waals surface area contributed by atoms with E-state index in [0.717, 1.165) is 18.3 Å². The lowest BCUT2D eigenvalue weighted by Gasteiger charge is -2.30. The topological polar surface area (TPSA) is 41.1 Å². The quantitative estimate of drug-likeness (QED) is 0.815. The van der Waals surface area contributed by atoms with Crippen molar-refractivity contribution >= 4 is 11.8 Å². The Morgan fingerprint density at radius 2 is 2.33 bits per heavy atom. The van der Waals surface area contributed by atoms with Gasteiger partial charge in [-0.3, -0.25) is 0 Å². The predicted octanol–water partition coefficient (Wildman–Crippen LogP) is 1.75. The van der Waals surface area contributed by atoms with Gasteiger partial charge >= 0.3 is 0 Å². The fourth-order valence-electron chi connectivity index (χ4n) is 1.84. The van der Waals surface area contributed by atoms with Crippen LogP contribution in [0.2, 0.25) is 0 Å². The van der Waals surface area contributed by atoms with Gasteiger partial charge in [-0.25, -0.2) is 4.98 Å². The van der Waals surface area contributed by atoms with Crippen LogP contribution < -0.4 is 10.2 Å². The van der Waals surface area contributed by atoms with Gasteiger partial charge in [0.25, 0.3) is 0 Å². The lowest BCUT2D eigenvalue weighted by molar-refractivity contribution is 0.321. The van der Waals surface area contributed by atoms with E-state index in [9.17, 15) is 0 Å². The van der Waals surface area contributed by atoms with Gasteiger partial charge in [0.05, 0.1) is 0 Å². The molecule has 2 rings (SSSR count). The molecule has 1 fully saturated rings. The average molecular weight is 206 g/mol. The first-order valence-corrected chi connectivity index (χ1v) is 5.51. The number of hydrogen-bond acceptors (Lipinski definition) is 4. The molecule has 0 atom stereocenters. The van der Waals surface area contributed by atoms with Gasteiger partial charge in [-0.15, -0.1) is 0 Å². The van der Waals surface area contributed by atoms with Crippen molar-refractivity contribution in [1.29, 1.82) is 0 Å². The standard InChI is InChI=1S/C11H18N4/c1-12-11-13-7-6-10(14-11)15(2)8-9-4-3-5-9/h6-7,9H,3-5,8H2,1-2H3,(H,12,13,14). The fourth-order valence-corrected chi connectivity index (χ4v) is 1.84. The largest absolute Gasteiger partial charge is 0.359 e. The summed E-state index contributed by atoms with van der Waals surface area (Å²) in [4.78, 5) is 10.7. The van der Waals surface area contributed by atoms with E-state index in [-0.39, 0.29) is 0 Å². The first-order valence-electron chi connectivity index (χ1n) is 5.51. The molecule has 1 aliphatic carbocycles. The summed E-state index contributed by atoms with van der Waals surface area (Å²) in [6.07, 6.45) is 5.93. The van der Waals surface area contributed by atoms with E-state index in [2.05, 4.69) is 27.2 Å². The average Bonchev–Trinajstić information content (AvgIpc) is 2.23. The van der Waals surface area contributed by atoms with Crippen LogP contribution in [0.3, 0.4) is 0 Å². The SMILES string of the molecule is CNc1nccc(N(C)CC2CCC2)n1. The van der Waals surface area contributed by atoms with E-state index in [4.69, 9.17) is 0 Å². The van der Waals surface area contributed by atoms with Crippen LogP contribution >= 0.6 is 0 Å². The van der Waals surface area contributed by atoms with Crippen LogP contribution in [0.15, 0.2) is 12.3 Å². The Morgan fingerprint density at radius 3 is 2.93 bits per heavy atom. The first-order chi connectivity index (χ1) is 7.29. The summed E-state index contributed by atoms with van der Waals surface area (Å²) in [7, 11) is 3.94. The summed E-state index contributed by atoms with van der Waals surface area (Å²) < 4.78 is 0. The molecule has 4 heteroatoms. The van der Waals surface area contributed by atoms with Crippen molar-refractivity contribution in [1.82, 2.24) is 9.97 Å². The van der Waals surface area contributed by atoms with Crippen LogP contribution in [-0.4, -0.2) is 30.6 Å². The van der Waals surface area contributed by atoms with Gasteiger partial charge < -0.3 is 10.2 Å². The smallest absolute Gasteiger partial charge is 0.224 e. The minimum atomic E-state index is 0.688. The lowest BCUT2D eigenvalue weighted by Crippen LogP contribution is -2.29. The van der Waals surface area contributed by atoms with E-state index in [1.807, 2.05) is 13.1 Å². The van der Waals surface area contributed by atoms with Crippen molar-refractivity contribution in [2.24, 2.45) is 5.92 Å². The molecule has 1 aromatic rings. The minimum Gasteiger partial charge on any atom is -0.359 e. The highest BCUT2D eigenvalue weighted by atomic mass is 15.2. The Balaban J connectivity index is 1.99. The van der Waals surface area contributed by atoms with Gasteiger partial charge in [0.2, 0.25) is 5.95 Å². The third-order valence-electron chi connectivity index (χ3n) is 3.01. The maximum absolute atomic E-state index is 4.41. The summed E-state index contributed by atoms with van der Waals surface area (Å²) in [6, 6.07) is 1.96. The minimum absolute atomic E-state index is 0.688. The first kappa shape index (κ1) is 10.2. The zero-order chi connectivity index (χ0) is 10.7. The molecule has 1 heterocycles. The third kappa shape index (κ3) is 2.37. The number of rotatable bonds is 4. The zero-order valence-electron chi connectivity index (χ0n) is 9.40. The van der Waals surface area contributed by atoms with Gasteiger partial charge in [0, 0.05) is 26.8 Å². The van der Waals surface area contributed by atoms with E-state index in [1.54, 1.807) is 6.20 Å². The summed E-state index contributed by atoms with van der Waals surface area (Å²) in [6.45, 7) is 1.11. The molecule has 0 aliphatic heterocycles. The number of anilines is 2. The van der Waals surface area contributed by atoms with Gasteiger partial charge in [0.15, 0.2) is 0 Å². The van der Waals surface area contributed by atoms with Gasteiger partial charge in [-0.05, 0) is 24.8 Å². The summed E-state index contributed by atoms with van der Waals surface area (Å²) in [5.41, 5.74) is 0. The number of nitrogens with zero attached hydrogens (tertiary/aromatic N) is 3. The van der Waals surface area contributed by atoms with Crippen LogP contribution in [-0.2, 0) is 0 Å². The second-order valence-electron chi connectivity index (χ2n) is 4.17. The molecule has 0 bridgehead atoms. The zero-order valence-corrected chi connectivity index (χ0v) is 9.40. The molecule has 0 saturated heterocycles. The van der Waals surface area contributed by atoms with Crippen LogP contribution in [0.1, 0.15) is 19.3 Å². The second-order valence-corrected chi connectivity index (χ2v) is 4.17. The van der Waals surface area contributed by atoms with Crippen molar-refractivity contribution in [3.63, 3.8) is 0 Å². The normalized spacial score (nSPS) is 15.9. The second kappa shape index (κ2) is 4.47. The molecule has 0 aromatic carbocycles. The highest BCUT2D eigenvalue weighted by Crippen LogP contribution is 2.27. The third-order valence-corrected chi connectivity index (χ3v) is 3.01. The molecule has 0 unspecified atom stereocenters. The van der Waals surface area contributed by atoms with Crippen molar-refractivity contribution in [3.05, 3.63) is 12.3 Å². The highest BCUT2D eigenvalue weighted by molar-refractivity contribution is 5.41. The molecule has 4 nitrogen and oxygen atoms in total. The van der Waals surface area contributed by atoms with Gasteiger partial charge in [-0.2, -0.15) is 4.98 Å². The lowest BCUT2D eigenvalue weighted by atomic mass is 9.85. The van der Waals surface area contributed by atoms with Crippen LogP contribution in [0, 0.1) is 5.92 Å². The molecule has 1 aliphatic rings. The van der Waals surface area contributed by atoms with Gasteiger partial charge in [-0.1, -0.05) is 6.42 Å². The monoisotopic (exact) mass is 206 g/mol. The van der Waals surface area contributed by atoms with Crippen molar-refractivity contribution < 1.29 is 0 Å². The molecular formula is C11H18N4. The maximum atomic E-state index is 4.41. The molecule has 1 saturated carbocycles. The van der Waals surface area contributed by atoms with E-state index >= 15 is 0 Å². The van der Waals surface area contributed by atoms with Crippen LogP contribution in [0.5, 0.6) is 0 Å². The molecular weight excluding hydrogens is 188 g/mol. The molecule has 15 heavy (non-hydrogen) atoms. The molecule has 1 N–H and O–H groups in total. The molecule has 0 radical (unpaired) electrons. The van der Waals surface area contributed by atoms with Crippen LogP contribution in [0.25, 0.3) is 0 Å². The summed E-state index contributed by atoms with van der Waals surface area (Å²) >= 11 is 0. The Kier molecular flexibility index (Phi) is 3.04. The molecule has 1 aromatic heterocycles. The Hall–Kier alpha value is -1.32. The summed E-state index contributed by atoms with van der Waals surface area (Å²) in [5.74, 6) is 2.55. The van der Waals surface area contributed by atoms with Crippen LogP contribution in [0.4, 0.5) is 11.8 Å². The molecule has 82 valence electrons. The molecule has 0 spiro atoms. The van der Waals surface area contributed by atoms with Gasteiger partial charge in [0.1, 0.15) is 5.82 Å². The fraction of sp³-hybridized carbons (Fsp3) is 0.636. The Bertz CT molecular complexity index is 322.